The molecule has 0 saturated heterocycles. The molecule has 0 atom stereocenters. The molecule has 0 fully saturated rings. The predicted octanol–water partition coefficient (Wildman–Crippen LogP) is 4.12. The highest BCUT2D eigenvalue weighted by molar-refractivity contribution is 7.92. The van der Waals surface area contributed by atoms with E-state index < -0.39 is 10.0 Å². The van der Waals surface area contributed by atoms with Crippen LogP contribution in [0.5, 0.6) is 0 Å². The summed E-state index contributed by atoms with van der Waals surface area (Å²) in [5.41, 5.74) is 3.27. The van der Waals surface area contributed by atoms with Gasteiger partial charge >= 0.3 is 0 Å². The van der Waals surface area contributed by atoms with Gasteiger partial charge in [-0.2, -0.15) is 0 Å². The van der Waals surface area contributed by atoms with Crippen LogP contribution in [0.2, 0.25) is 0 Å². The smallest absolute Gasteiger partial charge is 0.234 e. The number of nitrogens with one attached hydrogen (secondary N) is 1. The number of amides is 1. The molecule has 1 aliphatic rings. The second kappa shape index (κ2) is 7.87. The summed E-state index contributed by atoms with van der Waals surface area (Å²) in [6.07, 6.45) is 1.91. The molecule has 6 heteroatoms. The first-order valence-electron chi connectivity index (χ1n) is 9.88. The highest BCUT2D eigenvalue weighted by Crippen LogP contribution is 2.32. The van der Waals surface area contributed by atoms with Gasteiger partial charge in [-0.3, -0.25) is 9.10 Å². The van der Waals surface area contributed by atoms with E-state index in [-0.39, 0.29) is 18.1 Å². The van der Waals surface area contributed by atoms with Gasteiger partial charge in [0.05, 0.1) is 17.9 Å². The molecule has 0 unspecified atom stereocenters. The molecule has 150 valence electrons. The van der Waals surface area contributed by atoms with Gasteiger partial charge in [0.2, 0.25) is 15.9 Å². The quantitative estimate of drug-likeness (QED) is 0.690. The van der Waals surface area contributed by atoms with E-state index in [4.69, 9.17) is 0 Å². The van der Waals surface area contributed by atoms with E-state index in [1.165, 1.54) is 4.31 Å². The Morgan fingerprint density at radius 2 is 1.86 bits per heavy atom. The van der Waals surface area contributed by atoms with E-state index in [2.05, 4.69) is 5.32 Å². The van der Waals surface area contributed by atoms with Gasteiger partial charge in [-0.1, -0.05) is 48.5 Å². The topological polar surface area (TPSA) is 66.5 Å². The highest BCUT2D eigenvalue weighted by Gasteiger charge is 2.26. The van der Waals surface area contributed by atoms with Gasteiger partial charge in [0.25, 0.3) is 0 Å². The summed E-state index contributed by atoms with van der Waals surface area (Å²) in [6, 6.07) is 19.5. The van der Waals surface area contributed by atoms with E-state index in [0.717, 1.165) is 34.7 Å². The van der Waals surface area contributed by atoms with Gasteiger partial charge in [-0.05, 0) is 53.8 Å². The minimum Gasteiger partial charge on any atom is -0.326 e. The summed E-state index contributed by atoms with van der Waals surface area (Å²) in [5, 5.41) is 5.10. The first-order valence-corrected chi connectivity index (χ1v) is 11.5. The Balaban J connectivity index is 1.57. The summed E-state index contributed by atoms with van der Waals surface area (Å²) in [4.78, 5) is 12.7. The number of carbonyl (C=O) groups excluding carboxylic acids is 1. The summed E-state index contributed by atoms with van der Waals surface area (Å²) in [6.45, 7) is 2.13. The van der Waals surface area contributed by atoms with Crippen LogP contribution in [0.25, 0.3) is 10.8 Å². The Morgan fingerprint density at radius 3 is 2.69 bits per heavy atom. The molecule has 0 saturated carbocycles. The number of hydrogen-bond donors (Lipinski definition) is 1. The molecule has 0 spiro atoms. The fourth-order valence-electron chi connectivity index (χ4n) is 3.89. The predicted molar refractivity (Wildman–Crippen MR) is 118 cm³/mol. The number of anilines is 2. The van der Waals surface area contributed by atoms with Crippen molar-refractivity contribution in [1.29, 1.82) is 0 Å². The fourth-order valence-corrected chi connectivity index (χ4v) is 5.08. The third-order valence-corrected chi connectivity index (χ3v) is 7.16. The molecule has 0 aromatic heterocycles. The van der Waals surface area contributed by atoms with E-state index >= 15 is 0 Å². The Kier molecular flexibility index (Phi) is 5.28. The summed E-state index contributed by atoms with van der Waals surface area (Å²) < 4.78 is 26.4. The summed E-state index contributed by atoms with van der Waals surface area (Å²) in [5.74, 6) is -0.0635. The molecule has 0 aliphatic carbocycles. The number of benzene rings is 3. The standard InChI is InChI=1S/C23H24N2O3S/c1-2-29(27,28)25-14-6-10-18-12-13-20(16-22(18)25)24-23(26)15-19-9-5-8-17-7-3-4-11-21(17)19/h3-5,7-9,11-13,16H,2,6,10,14-15H2,1H3,(H,24,26). The summed E-state index contributed by atoms with van der Waals surface area (Å²) >= 11 is 0. The number of nitrogens with zero attached hydrogens (tertiary/aromatic N) is 1. The molecule has 1 N–H and O–H groups in total. The van der Waals surface area contributed by atoms with E-state index in [1.807, 2.05) is 54.6 Å². The molecule has 0 radical (unpaired) electrons. The van der Waals surface area contributed by atoms with Crippen LogP contribution < -0.4 is 9.62 Å². The third kappa shape index (κ3) is 3.98. The Morgan fingerprint density at radius 1 is 1.07 bits per heavy atom. The lowest BCUT2D eigenvalue weighted by atomic mass is 10.0. The van der Waals surface area contributed by atoms with Crippen molar-refractivity contribution in [3.8, 4) is 0 Å². The van der Waals surface area contributed by atoms with Gasteiger partial charge in [-0.15, -0.1) is 0 Å². The van der Waals surface area contributed by atoms with Crippen LogP contribution in [-0.2, 0) is 27.7 Å². The molecule has 3 aromatic carbocycles. The number of hydrogen-bond acceptors (Lipinski definition) is 3. The van der Waals surface area contributed by atoms with Crippen LogP contribution in [0.4, 0.5) is 11.4 Å². The van der Waals surface area contributed by atoms with Crippen LogP contribution in [-0.4, -0.2) is 26.6 Å². The molecule has 4 rings (SSSR count). The summed E-state index contributed by atoms with van der Waals surface area (Å²) in [7, 11) is -3.33. The van der Waals surface area contributed by atoms with Crippen molar-refractivity contribution in [2.45, 2.75) is 26.2 Å². The van der Waals surface area contributed by atoms with Crippen molar-refractivity contribution >= 4 is 38.1 Å². The maximum Gasteiger partial charge on any atom is 0.234 e. The van der Waals surface area contributed by atoms with Crippen LogP contribution in [0.1, 0.15) is 24.5 Å². The van der Waals surface area contributed by atoms with E-state index in [0.29, 0.717) is 17.9 Å². The van der Waals surface area contributed by atoms with Crippen LogP contribution in [0.15, 0.2) is 60.7 Å². The average molecular weight is 409 g/mol. The molecule has 29 heavy (non-hydrogen) atoms. The average Bonchev–Trinajstić information content (AvgIpc) is 2.73. The Bertz CT molecular complexity index is 1170. The zero-order chi connectivity index (χ0) is 20.4. The van der Waals surface area contributed by atoms with E-state index in [1.54, 1.807) is 13.0 Å². The second-order valence-electron chi connectivity index (χ2n) is 7.28. The lowest BCUT2D eigenvalue weighted by Gasteiger charge is -2.30. The molecule has 3 aromatic rings. The van der Waals surface area contributed by atoms with Crippen LogP contribution in [0.3, 0.4) is 0 Å². The Hall–Kier alpha value is -2.86. The zero-order valence-corrected chi connectivity index (χ0v) is 17.2. The number of rotatable bonds is 5. The van der Waals surface area contributed by atoms with Gasteiger partial charge in [0.1, 0.15) is 0 Å². The van der Waals surface area contributed by atoms with Gasteiger partial charge in [-0.25, -0.2) is 8.42 Å². The van der Waals surface area contributed by atoms with Crippen molar-refractivity contribution in [3.63, 3.8) is 0 Å². The largest absolute Gasteiger partial charge is 0.326 e. The second-order valence-corrected chi connectivity index (χ2v) is 9.46. The van der Waals surface area contributed by atoms with Crippen molar-refractivity contribution in [2.24, 2.45) is 0 Å². The van der Waals surface area contributed by atoms with Crippen LogP contribution in [0, 0.1) is 0 Å². The van der Waals surface area contributed by atoms with Crippen molar-refractivity contribution < 1.29 is 13.2 Å². The SMILES string of the molecule is CCS(=O)(=O)N1CCCc2ccc(NC(=O)Cc3cccc4ccccc34)cc21. The van der Waals surface area contributed by atoms with Crippen molar-refractivity contribution in [1.82, 2.24) is 0 Å². The first kappa shape index (κ1) is 19.5. The van der Waals surface area contributed by atoms with Gasteiger partial charge in [0.15, 0.2) is 0 Å². The van der Waals surface area contributed by atoms with E-state index in [9.17, 15) is 13.2 Å². The molecule has 1 heterocycles. The molecule has 1 aliphatic heterocycles. The van der Waals surface area contributed by atoms with Gasteiger partial charge in [0, 0.05) is 12.2 Å². The number of sulfonamides is 1. The Labute approximate surface area is 171 Å². The zero-order valence-electron chi connectivity index (χ0n) is 16.4. The molecule has 5 nitrogen and oxygen atoms in total. The lowest BCUT2D eigenvalue weighted by molar-refractivity contribution is -0.115. The molecular weight excluding hydrogens is 384 g/mol. The molecular formula is C23H24N2O3S. The monoisotopic (exact) mass is 408 g/mol. The number of aryl methyl sites for hydroxylation is 1. The minimum absolute atomic E-state index is 0.0596. The first-order chi connectivity index (χ1) is 14.0. The van der Waals surface area contributed by atoms with Crippen LogP contribution >= 0.6 is 0 Å². The maximum absolute atomic E-state index is 12.7. The van der Waals surface area contributed by atoms with Crippen molar-refractivity contribution in [3.05, 3.63) is 71.8 Å². The fraction of sp³-hybridized carbons (Fsp3) is 0.261. The minimum atomic E-state index is -3.33. The highest BCUT2D eigenvalue weighted by atomic mass is 32.2. The lowest BCUT2D eigenvalue weighted by Crippen LogP contribution is -2.36. The number of carbonyl (C=O) groups is 1. The van der Waals surface area contributed by atoms with Gasteiger partial charge < -0.3 is 5.32 Å². The molecule has 1 amide bonds. The maximum atomic E-state index is 12.7. The molecule has 0 bridgehead atoms. The number of fused-ring (bicyclic) bond motifs is 2. The third-order valence-electron chi connectivity index (χ3n) is 5.38. The normalized spacial score (nSPS) is 13.9. The van der Waals surface area contributed by atoms with Crippen molar-refractivity contribution in [2.75, 3.05) is 21.9 Å².